The normalized spacial score (nSPS) is 35.6. The molecule has 0 saturated carbocycles. The van der Waals surface area contributed by atoms with Crippen molar-refractivity contribution >= 4 is 0 Å². The number of hydrogen-bond acceptors (Lipinski definition) is 2. The molecule has 0 amide bonds. The Hall–Kier alpha value is -0.340. The fourth-order valence-electron chi connectivity index (χ4n) is 1.72. The van der Waals surface area contributed by atoms with E-state index >= 15 is 0 Å². The van der Waals surface area contributed by atoms with Gasteiger partial charge in [-0.15, -0.1) is 0 Å². The summed E-state index contributed by atoms with van der Waals surface area (Å²) >= 11 is 0. The number of aliphatic hydroxyl groups is 2. The van der Waals surface area contributed by atoms with Gasteiger partial charge in [-0.3, -0.25) is 0 Å². The van der Waals surface area contributed by atoms with Crippen LogP contribution in [0.5, 0.6) is 0 Å². The molecule has 1 aliphatic rings. The van der Waals surface area contributed by atoms with Crippen LogP contribution in [0.1, 0.15) is 33.6 Å². The second-order valence-electron chi connectivity index (χ2n) is 4.27. The highest BCUT2D eigenvalue weighted by Gasteiger charge is 2.37. The van der Waals surface area contributed by atoms with E-state index in [0.29, 0.717) is 0 Å². The first-order valence-corrected chi connectivity index (χ1v) is 4.49. The van der Waals surface area contributed by atoms with Crippen LogP contribution in [0.25, 0.3) is 0 Å². The summed E-state index contributed by atoms with van der Waals surface area (Å²) in [6.45, 7) is 5.74. The molecule has 70 valence electrons. The van der Waals surface area contributed by atoms with E-state index in [9.17, 15) is 10.2 Å². The highest BCUT2D eigenvalue weighted by molar-refractivity contribution is 5.12. The lowest BCUT2D eigenvalue weighted by Gasteiger charge is -2.34. The SMILES string of the molecule is CC1=CCCC(O)C(C)(C)C1O. The summed E-state index contributed by atoms with van der Waals surface area (Å²) in [6, 6.07) is 0. The largest absolute Gasteiger partial charge is 0.392 e. The van der Waals surface area contributed by atoms with Crippen molar-refractivity contribution in [3.8, 4) is 0 Å². The highest BCUT2D eigenvalue weighted by Crippen LogP contribution is 2.34. The van der Waals surface area contributed by atoms with Crippen LogP contribution in [0.2, 0.25) is 0 Å². The summed E-state index contributed by atoms with van der Waals surface area (Å²) in [4.78, 5) is 0. The van der Waals surface area contributed by atoms with E-state index in [-0.39, 0.29) is 0 Å². The second kappa shape index (κ2) is 3.19. The van der Waals surface area contributed by atoms with Crippen molar-refractivity contribution in [2.45, 2.75) is 45.8 Å². The van der Waals surface area contributed by atoms with Gasteiger partial charge in [-0.1, -0.05) is 19.9 Å². The first kappa shape index (κ1) is 9.75. The van der Waals surface area contributed by atoms with Crippen LogP contribution < -0.4 is 0 Å². The molecule has 0 saturated heterocycles. The number of allylic oxidation sites excluding steroid dienone is 1. The van der Waals surface area contributed by atoms with Gasteiger partial charge in [0.2, 0.25) is 0 Å². The average Bonchev–Trinajstić information content (AvgIpc) is 2.07. The van der Waals surface area contributed by atoms with E-state index in [1.54, 1.807) is 0 Å². The highest BCUT2D eigenvalue weighted by atomic mass is 16.3. The number of rotatable bonds is 0. The van der Waals surface area contributed by atoms with Crippen LogP contribution in [0.3, 0.4) is 0 Å². The Bertz CT molecular complexity index is 194. The molecule has 0 aliphatic heterocycles. The molecular weight excluding hydrogens is 152 g/mol. The summed E-state index contributed by atoms with van der Waals surface area (Å²) in [5.41, 5.74) is 0.577. The van der Waals surface area contributed by atoms with Gasteiger partial charge in [0.1, 0.15) is 0 Å². The lowest BCUT2D eigenvalue weighted by Crippen LogP contribution is -2.39. The van der Waals surface area contributed by atoms with E-state index in [4.69, 9.17) is 0 Å². The fourth-order valence-corrected chi connectivity index (χ4v) is 1.72. The Labute approximate surface area is 73.9 Å². The first-order chi connectivity index (χ1) is 5.46. The molecule has 2 unspecified atom stereocenters. The van der Waals surface area contributed by atoms with Crippen LogP contribution in [0.4, 0.5) is 0 Å². The Kier molecular flexibility index (Phi) is 2.59. The molecule has 1 rings (SSSR count). The topological polar surface area (TPSA) is 40.5 Å². The lowest BCUT2D eigenvalue weighted by atomic mass is 9.78. The average molecular weight is 170 g/mol. The van der Waals surface area contributed by atoms with Crippen molar-refractivity contribution < 1.29 is 10.2 Å². The maximum absolute atomic E-state index is 9.83. The Morgan fingerprint density at radius 1 is 1.42 bits per heavy atom. The summed E-state index contributed by atoms with van der Waals surface area (Å²) in [5.74, 6) is 0. The molecule has 0 spiro atoms. The van der Waals surface area contributed by atoms with Gasteiger partial charge in [0.25, 0.3) is 0 Å². The zero-order chi connectivity index (χ0) is 9.35. The Balaban J connectivity index is 2.89. The standard InChI is InChI=1S/C10H18O2/c1-7-5-4-6-8(11)10(2,3)9(7)12/h5,8-9,11-12H,4,6H2,1-3H3. The minimum atomic E-state index is -0.505. The van der Waals surface area contributed by atoms with Crippen LogP contribution in [0, 0.1) is 5.41 Å². The quantitative estimate of drug-likeness (QED) is 0.540. The summed E-state index contributed by atoms with van der Waals surface area (Å²) in [7, 11) is 0. The monoisotopic (exact) mass is 170 g/mol. The molecule has 0 aromatic heterocycles. The predicted molar refractivity (Wildman–Crippen MR) is 48.8 cm³/mol. The predicted octanol–water partition coefficient (Wildman–Crippen LogP) is 1.47. The van der Waals surface area contributed by atoms with Gasteiger partial charge in [0.05, 0.1) is 12.2 Å². The summed E-state index contributed by atoms with van der Waals surface area (Å²) in [5, 5.41) is 19.5. The number of hydrogen-bond donors (Lipinski definition) is 2. The van der Waals surface area contributed by atoms with Crippen LogP contribution >= 0.6 is 0 Å². The van der Waals surface area contributed by atoms with Gasteiger partial charge in [0, 0.05) is 5.41 Å². The molecule has 0 aromatic rings. The van der Waals surface area contributed by atoms with Crippen molar-refractivity contribution in [3.05, 3.63) is 11.6 Å². The Morgan fingerprint density at radius 2 is 2.00 bits per heavy atom. The molecule has 12 heavy (non-hydrogen) atoms. The third kappa shape index (κ3) is 1.54. The number of aliphatic hydroxyl groups excluding tert-OH is 2. The lowest BCUT2D eigenvalue weighted by molar-refractivity contribution is -0.0297. The molecule has 0 bridgehead atoms. The molecule has 2 nitrogen and oxygen atoms in total. The maximum atomic E-state index is 9.83. The Morgan fingerprint density at radius 3 is 2.58 bits per heavy atom. The first-order valence-electron chi connectivity index (χ1n) is 4.49. The smallest absolute Gasteiger partial charge is 0.0823 e. The van der Waals surface area contributed by atoms with Crippen LogP contribution in [-0.4, -0.2) is 22.4 Å². The molecule has 0 aromatic carbocycles. The van der Waals surface area contributed by atoms with Crippen molar-refractivity contribution in [2.24, 2.45) is 5.41 Å². The van der Waals surface area contributed by atoms with Crippen molar-refractivity contribution in [1.29, 1.82) is 0 Å². The molecule has 0 heterocycles. The maximum Gasteiger partial charge on any atom is 0.0823 e. The van der Waals surface area contributed by atoms with E-state index in [1.807, 2.05) is 26.8 Å². The van der Waals surface area contributed by atoms with Gasteiger partial charge in [-0.05, 0) is 25.3 Å². The zero-order valence-corrected chi connectivity index (χ0v) is 8.04. The van der Waals surface area contributed by atoms with Gasteiger partial charge in [0.15, 0.2) is 0 Å². The summed E-state index contributed by atoms with van der Waals surface area (Å²) in [6.07, 6.45) is 2.73. The zero-order valence-electron chi connectivity index (χ0n) is 8.04. The van der Waals surface area contributed by atoms with E-state index in [1.165, 1.54) is 0 Å². The summed E-state index contributed by atoms with van der Waals surface area (Å²) < 4.78 is 0. The molecule has 2 heteroatoms. The van der Waals surface area contributed by atoms with Gasteiger partial charge < -0.3 is 10.2 Å². The molecule has 1 aliphatic carbocycles. The van der Waals surface area contributed by atoms with Gasteiger partial charge in [-0.2, -0.15) is 0 Å². The minimum Gasteiger partial charge on any atom is -0.392 e. The molecule has 0 radical (unpaired) electrons. The molecule has 2 atom stereocenters. The van der Waals surface area contributed by atoms with Crippen LogP contribution in [-0.2, 0) is 0 Å². The fraction of sp³-hybridized carbons (Fsp3) is 0.800. The minimum absolute atomic E-state index is 0.402. The third-order valence-electron chi connectivity index (χ3n) is 2.90. The van der Waals surface area contributed by atoms with E-state index < -0.39 is 17.6 Å². The van der Waals surface area contributed by atoms with Crippen molar-refractivity contribution in [2.75, 3.05) is 0 Å². The molecular formula is C10H18O2. The molecule has 0 fully saturated rings. The van der Waals surface area contributed by atoms with Crippen LogP contribution in [0.15, 0.2) is 11.6 Å². The van der Waals surface area contributed by atoms with Crippen molar-refractivity contribution in [3.63, 3.8) is 0 Å². The van der Waals surface area contributed by atoms with E-state index in [0.717, 1.165) is 18.4 Å². The third-order valence-corrected chi connectivity index (χ3v) is 2.90. The van der Waals surface area contributed by atoms with Crippen molar-refractivity contribution in [1.82, 2.24) is 0 Å². The van der Waals surface area contributed by atoms with Gasteiger partial charge >= 0.3 is 0 Å². The van der Waals surface area contributed by atoms with Gasteiger partial charge in [-0.25, -0.2) is 0 Å². The second-order valence-corrected chi connectivity index (χ2v) is 4.27. The van der Waals surface area contributed by atoms with E-state index in [2.05, 4.69) is 0 Å². The molecule has 2 N–H and O–H groups in total.